The molecule has 5 N–H and O–H groups in total. The summed E-state index contributed by atoms with van der Waals surface area (Å²) in [5.74, 6) is 1.02. The van der Waals surface area contributed by atoms with E-state index < -0.39 is 0 Å². The van der Waals surface area contributed by atoms with Crippen molar-refractivity contribution in [3.8, 4) is 5.75 Å². The lowest BCUT2D eigenvalue weighted by Gasteiger charge is -2.28. The summed E-state index contributed by atoms with van der Waals surface area (Å²) in [7, 11) is 1.73. The van der Waals surface area contributed by atoms with Gasteiger partial charge >= 0.3 is 0 Å². The highest BCUT2D eigenvalue weighted by atomic mass is 32.1. The van der Waals surface area contributed by atoms with Gasteiger partial charge in [0.05, 0.1) is 41.2 Å². The van der Waals surface area contributed by atoms with Gasteiger partial charge in [0.15, 0.2) is 5.84 Å². The quantitative estimate of drug-likeness (QED) is 0.164. The number of hydrogen-bond donors (Lipinski definition) is 4. The minimum Gasteiger partial charge on any atom is -0.491 e. The van der Waals surface area contributed by atoms with Crippen molar-refractivity contribution in [3.05, 3.63) is 69.8 Å². The van der Waals surface area contributed by atoms with Gasteiger partial charge in [-0.25, -0.2) is 15.0 Å². The van der Waals surface area contributed by atoms with Crippen LogP contribution >= 0.6 is 11.3 Å². The zero-order valence-corrected chi connectivity index (χ0v) is 29.2. The van der Waals surface area contributed by atoms with Crippen LogP contribution in [-0.4, -0.2) is 102 Å². The number of pyridine rings is 1. The molecule has 0 bridgehead atoms. The number of rotatable bonds is 12. The van der Waals surface area contributed by atoms with Gasteiger partial charge in [-0.3, -0.25) is 30.2 Å². The van der Waals surface area contributed by atoms with Crippen LogP contribution in [-0.2, 0) is 9.59 Å². The Hall–Kier alpha value is -4.95. The smallest absolute Gasteiger partial charge is 0.237 e. The van der Waals surface area contributed by atoms with Gasteiger partial charge in [0.1, 0.15) is 22.3 Å². The molecule has 14 heteroatoms. The van der Waals surface area contributed by atoms with Crippen molar-refractivity contribution in [1.29, 1.82) is 10.8 Å². The number of nitrogen functional groups attached to an aromatic ring is 1. The van der Waals surface area contributed by atoms with Crippen LogP contribution in [0.4, 0.5) is 11.5 Å². The maximum absolute atomic E-state index is 13.8. The fourth-order valence-electron chi connectivity index (χ4n) is 5.85. The molecule has 0 radical (unpaired) electrons. The lowest BCUT2D eigenvalue weighted by Crippen LogP contribution is -2.42. The number of aromatic nitrogens is 2. The van der Waals surface area contributed by atoms with Gasteiger partial charge in [-0.15, -0.1) is 11.3 Å². The zero-order valence-electron chi connectivity index (χ0n) is 28.4. The third-order valence-corrected chi connectivity index (χ3v) is 9.48. The van der Waals surface area contributed by atoms with Gasteiger partial charge in [0, 0.05) is 45.0 Å². The minimum absolute atomic E-state index is 0.0333. The molecule has 2 amide bonds. The summed E-state index contributed by atoms with van der Waals surface area (Å²) in [5.41, 5.74) is 8.80. The first-order valence-corrected chi connectivity index (χ1v) is 17.3. The highest BCUT2D eigenvalue weighted by Crippen LogP contribution is 2.28. The van der Waals surface area contributed by atoms with Gasteiger partial charge in [-0.2, -0.15) is 0 Å². The molecule has 1 saturated heterocycles. The Labute approximate surface area is 290 Å². The van der Waals surface area contributed by atoms with Crippen molar-refractivity contribution in [2.45, 2.75) is 39.7 Å². The molecule has 1 fully saturated rings. The number of nitrogens with zero attached hydrogens (tertiary/aromatic N) is 6. The molecule has 1 aromatic carbocycles. The molecule has 0 saturated carbocycles. The topological polar surface area (TPSA) is 177 Å². The lowest BCUT2D eigenvalue weighted by molar-refractivity contribution is -0.132. The number of carbonyl (C=O) groups excluding carboxylic acids is 2. The first kappa shape index (κ1) is 35.4. The van der Waals surface area contributed by atoms with E-state index in [1.54, 1.807) is 42.4 Å². The summed E-state index contributed by atoms with van der Waals surface area (Å²) in [6.07, 6.45) is 6.54. The summed E-state index contributed by atoms with van der Waals surface area (Å²) >= 11 is 1.42. The zero-order chi connectivity index (χ0) is 35.1. The number of amidine groups is 1. The molecule has 1 atom stereocenters. The van der Waals surface area contributed by atoms with Crippen LogP contribution in [0.5, 0.6) is 5.75 Å². The minimum atomic E-state index is -0.272. The molecule has 5 rings (SSSR count). The number of aliphatic imine (C=N–C) groups is 1. The SMILES string of the molecule is CCN(C(=O)[C@@H]1CCN(CC(=O)N2CC=C(c3ncc(C(=N)/N=C\NC)s3)CC2)C1)c1ccc(N)c(C(=N)c2ccc(OC(C)C)cc2)n1. The normalized spacial score (nSPS) is 16.6. The predicted octanol–water partition coefficient (Wildman–Crippen LogP) is 3.89. The Balaban J connectivity index is 1.17. The number of thiazole rings is 1. The van der Waals surface area contributed by atoms with Gasteiger partial charge < -0.3 is 20.7 Å². The van der Waals surface area contributed by atoms with Gasteiger partial charge in [-0.05, 0) is 82.1 Å². The standard InChI is InChI=1S/C35H44N10O3S/c1-5-45(29-11-10-27(36)32(42-29)31(37)23-6-8-26(9-7-23)48-22(2)3)35(47)25-12-15-43(19-25)20-30(46)44-16-13-24(14-17-44)34-40-18-28(49-34)33(38)41-21-39-4/h6-11,13,18,21-22,25,37H,5,12,14-17,19-20,36H2,1-4H3,(H2,38,39,41)/t25-/m1/s1. The van der Waals surface area contributed by atoms with E-state index in [-0.39, 0.29) is 41.9 Å². The van der Waals surface area contributed by atoms with Crippen LogP contribution in [0.2, 0.25) is 0 Å². The number of nitrogens with one attached hydrogen (secondary N) is 3. The molecular formula is C35H44N10O3S. The predicted molar refractivity (Wildman–Crippen MR) is 195 cm³/mol. The van der Waals surface area contributed by atoms with E-state index in [4.69, 9.17) is 21.3 Å². The molecule has 0 unspecified atom stereocenters. The Morgan fingerprint density at radius 2 is 1.98 bits per heavy atom. The second kappa shape index (κ2) is 16.0. The highest BCUT2D eigenvalue weighted by molar-refractivity contribution is 7.14. The largest absolute Gasteiger partial charge is 0.491 e. The number of anilines is 2. The monoisotopic (exact) mass is 684 g/mol. The number of ether oxygens (including phenoxy) is 1. The fraction of sp³-hybridized carbons (Fsp3) is 0.400. The first-order chi connectivity index (χ1) is 23.6. The molecule has 49 heavy (non-hydrogen) atoms. The Kier molecular flexibility index (Phi) is 11.5. The maximum atomic E-state index is 13.8. The third kappa shape index (κ3) is 8.56. The molecule has 0 aliphatic carbocycles. The number of likely N-dealkylation sites (tertiary alicyclic amines) is 1. The van der Waals surface area contributed by atoms with E-state index in [1.807, 2.05) is 48.8 Å². The number of amides is 2. The molecule has 2 aliphatic rings. The van der Waals surface area contributed by atoms with Crippen molar-refractivity contribution >= 4 is 58.1 Å². The second-order valence-corrected chi connectivity index (χ2v) is 13.3. The number of carbonyl (C=O) groups is 2. The molecule has 2 aliphatic heterocycles. The number of benzene rings is 1. The van der Waals surface area contributed by atoms with Crippen LogP contribution in [0.1, 0.15) is 54.8 Å². The Bertz CT molecular complexity index is 1750. The molecule has 13 nitrogen and oxygen atoms in total. The van der Waals surface area contributed by atoms with E-state index in [1.165, 1.54) is 17.7 Å². The van der Waals surface area contributed by atoms with Gasteiger partial charge in [0.2, 0.25) is 11.8 Å². The fourth-order valence-corrected chi connectivity index (χ4v) is 6.74. The van der Waals surface area contributed by atoms with Crippen LogP contribution in [0.15, 0.2) is 53.7 Å². The highest BCUT2D eigenvalue weighted by Gasteiger charge is 2.34. The van der Waals surface area contributed by atoms with Crippen molar-refractivity contribution < 1.29 is 14.3 Å². The molecule has 0 spiro atoms. The Morgan fingerprint density at radius 1 is 1.20 bits per heavy atom. The average Bonchev–Trinajstić information content (AvgIpc) is 3.79. The number of nitrogens with two attached hydrogens (primary N) is 1. The summed E-state index contributed by atoms with van der Waals surface area (Å²) in [6.45, 7) is 8.70. The first-order valence-electron chi connectivity index (χ1n) is 16.5. The van der Waals surface area contributed by atoms with E-state index in [0.29, 0.717) is 73.2 Å². The van der Waals surface area contributed by atoms with E-state index >= 15 is 0 Å². The van der Waals surface area contributed by atoms with Crippen molar-refractivity contribution in [2.24, 2.45) is 10.9 Å². The molecule has 4 heterocycles. The third-order valence-electron chi connectivity index (χ3n) is 8.40. The number of hydrogen-bond acceptors (Lipinski definition) is 10. The van der Waals surface area contributed by atoms with Crippen LogP contribution in [0, 0.1) is 16.7 Å². The summed E-state index contributed by atoms with van der Waals surface area (Å²) < 4.78 is 5.72. The molecule has 258 valence electrons. The summed E-state index contributed by atoms with van der Waals surface area (Å²) in [5, 5.41) is 20.5. The van der Waals surface area contributed by atoms with Crippen LogP contribution in [0.3, 0.4) is 0 Å². The van der Waals surface area contributed by atoms with E-state index in [2.05, 4.69) is 20.3 Å². The maximum Gasteiger partial charge on any atom is 0.237 e. The van der Waals surface area contributed by atoms with E-state index in [0.717, 1.165) is 16.3 Å². The lowest BCUT2D eigenvalue weighted by atomic mass is 10.0. The summed E-state index contributed by atoms with van der Waals surface area (Å²) in [4.78, 5) is 46.4. The van der Waals surface area contributed by atoms with Crippen molar-refractivity contribution in [1.82, 2.24) is 25.1 Å². The van der Waals surface area contributed by atoms with Crippen LogP contribution < -0.4 is 20.7 Å². The average molecular weight is 685 g/mol. The molecular weight excluding hydrogens is 641 g/mol. The van der Waals surface area contributed by atoms with Crippen molar-refractivity contribution in [3.63, 3.8) is 0 Å². The Morgan fingerprint density at radius 3 is 2.65 bits per heavy atom. The molecule has 2 aromatic heterocycles. The van der Waals surface area contributed by atoms with Gasteiger partial charge in [-0.1, -0.05) is 6.08 Å². The van der Waals surface area contributed by atoms with E-state index in [9.17, 15) is 9.59 Å². The van der Waals surface area contributed by atoms with Gasteiger partial charge in [0.25, 0.3) is 0 Å². The molecule has 3 aromatic rings. The van der Waals surface area contributed by atoms with Crippen molar-refractivity contribution in [2.75, 3.05) is 56.9 Å². The summed E-state index contributed by atoms with van der Waals surface area (Å²) in [6, 6.07) is 10.6. The second-order valence-electron chi connectivity index (χ2n) is 12.2. The van der Waals surface area contributed by atoms with Crippen LogP contribution in [0.25, 0.3) is 5.57 Å².